The Morgan fingerprint density at radius 3 is 2.67 bits per heavy atom. The highest BCUT2D eigenvalue weighted by molar-refractivity contribution is 7.89. The quantitative estimate of drug-likeness (QED) is 0.766. The maximum atomic E-state index is 13.3. The summed E-state index contributed by atoms with van der Waals surface area (Å²) in [6.07, 6.45) is 0. The molecule has 0 saturated heterocycles. The second kappa shape index (κ2) is 6.89. The monoisotopic (exact) mass is 297 g/mol. The van der Waals surface area contributed by atoms with Crippen LogP contribution in [0.4, 0.5) is 4.39 Å². The Morgan fingerprint density at radius 2 is 2.00 bits per heavy atom. The third-order valence-corrected chi connectivity index (χ3v) is 2.94. The lowest BCUT2D eigenvalue weighted by molar-refractivity contribution is 0.109. The molecule has 0 unspecified atom stereocenters. The van der Waals surface area contributed by atoms with Crippen LogP contribution < -0.4 is 9.88 Å². The van der Waals surface area contributed by atoms with Crippen molar-refractivity contribution < 1.29 is 22.3 Å². The molecule has 1 aromatic rings. The van der Waals surface area contributed by atoms with Crippen molar-refractivity contribution in [2.24, 2.45) is 5.14 Å². The van der Waals surface area contributed by atoms with Gasteiger partial charge in [-0.3, -0.25) is 0 Å². The highest BCUT2D eigenvalue weighted by Crippen LogP contribution is 2.23. The second-order valence-corrected chi connectivity index (χ2v) is 5.52. The third-order valence-electron chi connectivity index (χ3n) is 1.91. The van der Waals surface area contributed by atoms with E-state index in [2.05, 4.69) is 0 Å². The lowest BCUT2D eigenvalue weighted by Crippen LogP contribution is -2.21. The molecule has 102 valence electrons. The van der Waals surface area contributed by atoms with Gasteiger partial charge in [0, 0.05) is 0 Å². The van der Waals surface area contributed by atoms with Crippen molar-refractivity contribution in [2.75, 3.05) is 25.6 Å². The van der Waals surface area contributed by atoms with E-state index in [-0.39, 0.29) is 36.3 Å². The van der Waals surface area contributed by atoms with E-state index in [9.17, 15) is 12.8 Å². The molecule has 8 heteroatoms. The van der Waals surface area contributed by atoms with E-state index in [4.69, 9.17) is 26.2 Å². The molecule has 0 amide bonds. The molecular formula is C10H13ClFNO4S. The number of sulfonamides is 1. The summed E-state index contributed by atoms with van der Waals surface area (Å²) in [5, 5.41) is 4.75. The summed E-state index contributed by atoms with van der Waals surface area (Å²) in [6, 6.07) is 4.40. The highest BCUT2D eigenvalue weighted by Gasteiger charge is 2.07. The Hall–Kier alpha value is -0.890. The molecule has 5 nitrogen and oxygen atoms in total. The summed E-state index contributed by atoms with van der Waals surface area (Å²) in [7, 11) is -3.52. The Bertz CT molecular complexity index is 495. The fraction of sp³-hybridized carbons (Fsp3) is 0.400. The molecule has 0 bridgehead atoms. The molecule has 1 aromatic carbocycles. The number of benzene rings is 1. The van der Waals surface area contributed by atoms with Crippen LogP contribution in [0.15, 0.2) is 18.2 Å². The minimum absolute atomic E-state index is 0.0253. The van der Waals surface area contributed by atoms with Gasteiger partial charge in [0.1, 0.15) is 6.61 Å². The van der Waals surface area contributed by atoms with E-state index < -0.39 is 15.8 Å². The van der Waals surface area contributed by atoms with Crippen LogP contribution in [-0.2, 0) is 14.8 Å². The van der Waals surface area contributed by atoms with E-state index in [1.165, 1.54) is 12.1 Å². The number of nitrogens with two attached hydrogens (primary N) is 1. The minimum atomic E-state index is -3.52. The molecule has 0 fully saturated rings. The second-order valence-electron chi connectivity index (χ2n) is 3.38. The number of ether oxygens (including phenoxy) is 2. The number of rotatable bonds is 7. The normalized spacial score (nSPS) is 11.5. The van der Waals surface area contributed by atoms with E-state index in [0.717, 1.165) is 0 Å². The summed E-state index contributed by atoms with van der Waals surface area (Å²) in [4.78, 5) is 0. The largest absolute Gasteiger partial charge is 0.488 e. The molecule has 0 saturated carbocycles. The zero-order valence-electron chi connectivity index (χ0n) is 9.43. The Morgan fingerprint density at radius 1 is 1.28 bits per heavy atom. The SMILES string of the molecule is NS(=O)(=O)CCOCCOc1cccc(Cl)c1F. The molecule has 1 rings (SSSR count). The molecule has 0 spiro atoms. The molecule has 2 N–H and O–H groups in total. The molecule has 0 atom stereocenters. The van der Waals surface area contributed by atoms with E-state index >= 15 is 0 Å². The van der Waals surface area contributed by atoms with Gasteiger partial charge in [-0.1, -0.05) is 17.7 Å². The highest BCUT2D eigenvalue weighted by atomic mass is 35.5. The van der Waals surface area contributed by atoms with Gasteiger partial charge in [0.25, 0.3) is 0 Å². The van der Waals surface area contributed by atoms with E-state index in [0.29, 0.717) is 0 Å². The molecule has 0 radical (unpaired) electrons. The van der Waals surface area contributed by atoms with Crippen molar-refractivity contribution in [1.29, 1.82) is 0 Å². The predicted molar refractivity (Wildman–Crippen MR) is 65.7 cm³/mol. The van der Waals surface area contributed by atoms with Gasteiger partial charge in [-0.05, 0) is 12.1 Å². The zero-order chi connectivity index (χ0) is 13.6. The number of primary sulfonamides is 1. The summed E-state index contributed by atoms with van der Waals surface area (Å²) in [5.41, 5.74) is 0. The fourth-order valence-electron chi connectivity index (χ4n) is 1.08. The minimum Gasteiger partial charge on any atom is -0.488 e. The van der Waals surface area contributed by atoms with Crippen LogP contribution in [0.5, 0.6) is 5.75 Å². The zero-order valence-corrected chi connectivity index (χ0v) is 11.0. The van der Waals surface area contributed by atoms with Crippen LogP contribution >= 0.6 is 11.6 Å². The Labute approximate surface area is 110 Å². The van der Waals surface area contributed by atoms with Crippen molar-refractivity contribution in [2.45, 2.75) is 0 Å². The first kappa shape index (κ1) is 15.2. The number of hydrogen-bond donors (Lipinski definition) is 1. The van der Waals surface area contributed by atoms with Gasteiger partial charge >= 0.3 is 0 Å². The standard InChI is InChI=1S/C10H13ClFNO4S/c11-8-2-1-3-9(10(8)12)17-5-4-16-6-7-18(13,14)15/h1-3H,4-7H2,(H2,13,14,15). The molecule has 0 aliphatic carbocycles. The number of hydrogen-bond acceptors (Lipinski definition) is 4. The van der Waals surface area contributed by atoms with Crippen LogP contribution in [0.25, 0.3) is 0 Å². The molecule has 0 aliphatic heterocycles. The Kier molecular flexibility index (Phi) is 5.80. The maximum Gasteiger partial charge on any atom is 0.211 e. The summed E-state index contributed by atoms with van der Waals surface area (Å²) in [5.74, 6) is -0.875. The van der Waals surface area contributed by atoms with Crippen LogP contribution in [0.3, 0.4) is 0 Å². The molecule has 0 aromatic heterocycles. The van der Waals surface area contributed by atoms with Crippen LogP contribution in [0, 0.1) is 5.82 Å². The van der Waals surface area contributed by atoms with Crippen molar-refractivity contribution in [3.63, 3.8) is 0 Å². The van der Waals surface area contributed by atoms with Gasteiger partial charge in [-0.15, -0.1) is 0 Å². The Balaban J connectivity index is 2.24. The van der Waals surface area contributed by atoms with Crippen molar-refractivity contribution >= 4 is 21.6 Å². The smallest absolute Gasteiger partial charge is 0.211 e. The van der Waals surface area contributed by atoms with E-state index in [1.807, 2.05) is 0 Å². The predicted octanol–water partition coefficient (Wildman–Crippen LogP) is 1.16. The first-order chi connectivity index (χ1) is 8.40. The lowest BCUT2D eigenvalue weighted by Gasteiger charge is -2.08. The van der Waals surface area contributed by atoms with Crippen molar-refractivity contribution in [3.8, 4) is 5.75 Å². The topological polar surface area (TPSA) is 78.6 Å². The first-order valence-electron chi connectivity index (χ1n) is 5.05. The maximum absolute atomic E-state index is 13.3. The van der Waals surface area contributed by atoms with Gasteiger partial charge in [-0.2, -0.15) is 0 Å². The van der Waals surface area contributed by atoms with Gasteiger partial charge in [0.05, 0.1) is 24.0 Å². The van der Waals surface area contributed by atoms with Crippen LogP contribution in [0.2, 0.25) is 5.02 Å². The molecule has 18 heavy (non-hydrogen) atoms. The average Bonchev–Trinajstić information content (AvgIpc) is 2.27. The lowest BCUT2D eigenvalue weighted by atomic mass is 10.3. The van der Waals surface area contributed by atoms with Crippen LogP contribution in [0.1, 0.15) is 0 Å². The van der Waals surface area contributed by atoms with Gasteiger partial charge < -0.3 is 9.47 Å². The molecule has 0 aliphatic rings. The van der Waals surface area contributed by atoms with Gasteiger partial charge in [0.15, 0.2) is 11.6 Å². The third kappa shape index (κ3) is 5.63. The first-order valence-corrected chi connectivity index (χ1v) is 7.14. The fourth-order valence-corrected chi connectivity index (χ4v) is 1.60. The summed E-state index contributed by atoms with van der Waals surface area (Å²) >= 11 is 5.56. The van der Waals surface area contributed by atoms with Crippen LogP contribution in [-0.4, -0.2) is 34.0 Å². The molecular weight excluding hydrogens is 285 g/mol. The van der Waals surface area contributed by atoms with Gasteiger partial charge in [-0.25, -0.2) is 17.9 Å². The molecule has 0 heterocycles. The average molecular weight is 298 g/mol. The number of halogens is 2. The summed E-state index contributed by atoms with van der Waals surface area (Å²) in [6.45, 7) is 0.184. The summed E-state index contributed by atoms with van der Waals surface area (Å²) < 4.78 is 44.5. The van der Waals surface area contributed by atoms with E-state index in [1.54, 1.807) is 6.07 Å². The van der Waals surface area contributed by atoms with Crippen molar-refractivity contribution in [3.05, 3.63) is 29.0 Å². The van der Waals surface area contributed by atoms with Crippen molar-refractivity contribution in [1.82, 2.24) is 0 Å². The van der Waals surface area contributed by atoms with Gasteiger partial charge in [0.2, 0.25) is 10.0 Å².